The second kappa shape index (κ2) is 17.9. The molecule has 48 heavy (non-hydrogen) atoms. The lowest BCUT2D eigenvalue weighted by molar-refractivity contribution is 0.357. The quantitative estimate of drug-likeness (QED) is 0.147. The van der Waals surface area contributed by atoms with E-state index in [0.717, 1.165) is 10.9 Å². The van der Waals surface area contributed by atoms with E-state index in [1.807, 2.05) is 25.1 Å². The smallest absolute Gasteiger partial charge is 0.142 e. The molecule has 0 fully saturated rings. The van der Waals surface area contributed by atoms with Crippen LogP contribution in [-0.2, 0) is 9.09 Å². The molecule has 0 aliphatic rings. The summed E-state index contributed by atoms with van der Waals surface area (Å²) in [5, 5.41) is 2.08. The van der Waals surface area contributed by atoms with E-state index < -0.39 is 8.03 Å². The van der Waals surface area contributed by atoms with E-state index in [9.17, 15) is 4.57 Å². The molecule has 0 N–H and O–H groups in total. The van der Waals surface area contributed by atoms with E-state index >= 15 is 0 Å². The Kier molecular flexibility index (Phi) is 14.8. The molecule has 0 spiro atoms. The average molecular weight is 684 g/mol. The number of rotatable bonds is 11. The molecule has 0 aliphatic heterocycles. The standard InChI is InChI=1S/C23H32O2P.C21H29P/c1-8-25-26(24)22-12-10-9-11-19(22)23-20(16(4)5)13-18(15(2)3)14-21(23)17(6)7;1-13(2)16-11-18(14(3)4)21(19(12-16)15(5)6)17-9-7-8-10-20(17)22/h9-17H,8H2,1-7H3;7-15H,22H2,1-6H3/q+1;. The highest BCUT2D eigenvalue weighted by Gasteiger charge is 2.29. The van der Waals surface area contributed by atoms with E-state index in [2.05, 4.69) is 147 Å². The fourth-order valence-electron chi connectivity index (χ4n) is 6.29. The topological polar surface area (TPSA) is 26.3 Å². The molecule has 0 radical (unpaired) electrons. The molecule has 0 saturated heterocycles. The van der Waals surface area contributed by atoms with Crippen LogP contribution in [0.2, 0.25) is 0 Å². The normalized spacial score (nSPS) is 12.0. The summed E-state index contributed by atoms with van der Waals surface area (Å²) in [5.41, 5.74) is 13.5. The largest absolute Gasteiger partial charge is 0.549 e. The third kappa shape index (κ3) is 9.53. The molecule has 0 bridgehead atoms. The highest BCUT2D eigenvalue weighted by atomic mass is 31.1. The summed E-state index contributed by atoms with van der Waals surface area (Å²) in [6.45, 7) is 29.5. The maximum absolute atomic E-state index is 12.7. The van der Waals surface area contributed by atoms with Gasteiger partial charge in [-0.2, -0.15) is 0 Å². The number of benzene rings is 4. The second-order valence-electron chi connectivity index (χ2n) is 14.9. The van der Waals surface area contributed by atoms with Crippen molar-refractivity contribution in [2.75, 3.05) is 6.61 Å². The van der Waals surface area contributed by atoms with Gasteiger partial charge < -0.3 is 0 Å². The van der Waals surface area contributed by atoms with Crippen molar-refractivity contribution in [2.24, 2.45) is 0 Å². The van der Waals surface area contributed by atoms with Crippen LogP contribution in [0.3, 0.4) is 0 Å². The number of hydrogen-bond donors (Lipinski definition) is 0. The average Bonchev–Trinajstić information content (AvgIpc) is 3.03. The number of hydrogen-bond acceptors (Lipinski definition) is 2. The second-order valence-corrected chi connectivity index (χ2v) is 16.7. The Bertz CT molecular complexity index is 1620. The summed E-state index contributed by atoms with van der Waals surface area (Å²) in [6.07, 6.45) is 0. The van der Waals surface area contributed by atoms with Crippen molar-refractivity contribution in [3.63, 3.8) is 0 Å². The Hall–Kier alpha value is -2.63. The van der Waals surface area contributed by atoms with Crippen molar-refractivity contribution in [3.05, 3.63) is 106 Å². The van der Waals surface area contributed by atoms with Crippen LogP contribution >= 0.6 is 17.3 Å². The SMILES string of the molecule is CC(C)c1cc(C(C)C)c(-c2ccccc2P)c(C(C)C)c1.CCO[P+](=O)c1ccccc1-c1c(C(C)C)cc(C(C)C)cc1C(C)C. The van der Waals surface area contributed by atoms with Gasteiger partial charge in [0.1, 0.15) is 6.61 Å². The van der Waals surface area contributed by atoms with Gasteiger partial charge in [-0.3, -0.25) is 0 Å². The lowest BCUT2D eigenvalue weighted by Gasteiger charge is -2.24. The van der Waals surface area contributed by atoms with Crippen LogP contribution in [0.25, 0.3) is 22.3 Å². The molecule has 4 heteroatoms. The molecular formula is C44H61O2P2+. The van der Waals surface area contributed by atoms with Crippen LogP contribution in [0.4, 0.5) is 0 Å². The van der Waals surface area contributed by atoms with Crippen molar-refractivity contribution >= 4 is 27.9 Å². The first-order chi connectivity index (χ1) is 22.6. The van der Waals surface area contributed by atoms with Crippen molar-refractivity contribution in [1.29, 1.82) is 0 Å². The van der Waals surface area contributed by atoms with Gasteiger partial charge in [-0.25, -0.2) is 0 Å². The van der Waals surface area contributed by atoms with Crippen LogP contribution in [0.1, 0.15) is 159 Å². The van der Waals surface area contributed by atoms with Gasteiger partial charge in [0, 0.05) is 5.56 Å². The minimum absolute atomic E-state index is 0.388. The third-order valence-electron chi connectivity index (χ3n) is 9.11. The van der Waals surface area contributed by atoms with Crippen LogP contribution < -0.4 is 10.6 Å². The van der Waals surface area contributed by atoms with Gasteiger partial charge in [0.15, 0.2) is 0 Å². The Balaban J connectivity index is 0.000000264. The minimum Gasteiger partial charge on any atom is -0.142 e. The highest BCUT2D eigenvalue weighted by molar-refractivity contribution is 7.48. The van der Waals surface area contributed by atoms with Gasteiger partial charge in [0.05, 0.1) is 0 Å². The maximum atomic E-state index is 12.7. The van der Waals surface area contributed by atoms with Gasteiger partial charge >= 0.3 is 8.03 Å². The first-order valence-corrected chi connectivity index (χ1v) is 19.8. The minimum atomic E-state index is -1.85. The molecule has 0 aliphatic carbocycles. The molecule has 2 atom stereocenters. The summed E-state index contributed by atoms with van der Waals surface area (Å²) >= 11 is 0. The Morgan fingerprint density at radius 2 is 0.896 bits per heavy atom. The molecule has 0 saturated carbocycles. The lowest BCUT2D eigenvalue weighted by Crippen LogP contribution is -2.09. The van der Waals surface area contributed by atoms with Crippen LogP contribution in [0.15, 0.2) is 72.8 Å². The first kappa shape index (κ1) is 39.8. The molecule has 2 unspecified atom stereocenters. The van der Waals surface area contributed by atoms with Crippen LogP contribution in [-0.4, -0.2) is 6.61 Å². The summed E-state index contributed by atoms with van der Waals surface area (Å²) < 4.78 is 18.2. The molecule has 0 aromatic heterocycles. The molecular weight excluding hydrogens is 622 g/mol. The first-order valence-electron chi connectivity index (χ1n) is 18.0. The van der Waals surface area contributed by atoms with Gasteiger partial charge in [-0.15, -0.1) is 13.8 Å². The monoisotopic (exact) mass is 683 g/mol. The van der Waals surface area contributed by atoms with Crippen molar-refractivity contribution in [2.45, 2.75) is 126 Å². The van der Waals surface area contributed by atoms with Crippen LogP contribution in [0.5, 0.6) is 0 Å². The zero-order valence-corrected chi connectivity index (χ0v) is 34.0. The zero-order chi connectivity index (χ0) is 35.9. The van der Waals surface area contributed by atoms with Crippen LogP contribution in [0, 0.1) is 0 Å². The third-order valence-corrected chi connectivity index (χ3v) is 10.9. The summed E-state index contributed by atoms with van der Waals surface area (Å²) in [7, 11) is 1.05. The van der Waals surface area contributed by atoms with Crippen molar-refractivity contribution in [1.82, 2.24) is 0 Å². The predicted octanol–water partition coefficient (Wildman–Crippen LogP) is 13.4. The van der Waals surface area contributed by atoms with Gasteiger partial charge in [0.2, 0.25) is 5.30 Å². The maximum Gasteiger partial charge on any atom is 0.549 e. The molecule has 2 nitrogen and oxygen atoms in total. The summed E-state index contributed by atoms with van der Waals surface area (Å²) in [6, 6.07) is 26.2. The van der Waals surface area contributed by atoms with E-state index in [0.29, 0.717) is 42.1 Å². The van der Waals surface area contributed by atoms with Gasteiger partial charge in [-0.05, 0) is 115 Å². The van der Waals surface area contributed by atoms with Gasteiger partial charge in [-0.1, -0.05) is 144 Å². The summed E-state index contributed by atoms with van der Waals surface area (Å²) in [5.74, 6) is 2.87. The van der Waals surface area contributed by atoms with Crippen molar-refractivity contribution < 1.29 is 9.09 Å². The van der Waals surface area contributed by atoms with E-state index in [-0.39, 0.29) is 0 Å². The van der Waals surface area contributed by atoms with E-state index in [4.69, 9.17) is 4.52 Å². The highest BCUT2D eigenvalue weighted by Crippen LogP contribution is 2.41. The molecule has 258 valence electrons. The van der Waals surface area contributed by atoms with E-state index in [1.165, 1.54) is 55.4 Å². The van der Waals surface area contributed by atoms with E-state index in [1.54, 1.807) is 0 Å². The fraction of sp³-hybridized carbons (Fsp3) is 0.455. The Morgan fingerprint density at radius 3 is 1.25 bits per heavy atom. The molecule has 4 rings (SSSR count). The molecule has 4 aromatic rings. The Morgan fingerprint density at radius 1 is 0.542 bits per heavy atom. The zero-order valence-electron chi connectivity index (χ0n) is 31.9. The fourth-order valence-corrected chi connectivity index (χ4v) is 7.61. The van der Waals surface area contributed by atoms with Gasteiger partial charge in [0.25, 0.3) is 0 Å². The molecule has 0 amide bonds. The molecule has 4 aromatic carbocycles. The van der Waals surface area contributed by atoms with Crippen molar-refractivity contribution in [3.8, 4) is 22.3 Å². The Labute approximate surface area is 296 Å². The lowest BCUT2D eigenvalue weighted by atomic mass is 9.82. The summed E-state index contributed by atoms with van der Waals surface area (Å²) in [4.78, 5) is 0. The molecule has 0 heterocycles. The predicted molar refractivity (Wildman–Crippen MR) is 217 cm³/mol.